The number of rotatable bonds is 6. The van der Waals surface area contributed by atoms with Gasteiger partial charge in [0.05, 0.1) is 6.61 Å². The number of aryl methyl sites for hydroxylation is 2. The van der Waals surface area contributed by atoms with Crippen LogP contribution in [0.1, 0.15) is 30.4 Å². The van der Waals surface area contributed by atoms with E-state index in [-0.39, 0.29) is 5.91 Å². The van der Waals surface area contributed by atoms with E-state index in [0.717, 1.165) is 41.7 Å². The van der Waals surface area contributed by atoms with E-state index in [0.29, 0.717) is 13.0 Å². The molecule has 0 fully saturated rings. The fourth-order valence-corrected chi connectivity index (χ4v) is 3.45. The van der Waals surface area contributed by atoms with E-state index in [4.69, 9.17) is 4.74 Å². The lowest BCUT2D eigenvalue weighted by Crippen LogP contribution is -2.36. The highest BCUT2D eigenvalue weighted by atomic mass is 79.9. The van der Waals surface area contributed by atoms with Gasteiger partial charge in [0, 0.05) is 23.1 Å². The molecule has 0 N–H and O–H groups in total. The smallest absolute Gasteiger partial charge is 0.227 e. The van der Waals surface area contributed by atoms with E-state index in [9.17, 15) is 4.79 Å². The Morgan fingerprint density at radius 1 is 1.12 bits per heavy atom. The second-order valence-corrected chi connectivity index (χ2v) is 7.11. The van der Waals surface area contributed by atoms with Crippen molar-refractivity contribution in [3.8, 4) is 5.75 Å². The van der Waals surface area contributed by atoms with Crippen LogP contribution in [0.3, 0.4) is 0 Å². The van der Waals surface area contributed by atoms with E-state index in [1.54, 1.807) is 0 Å². The lowest BCUT2D eigenvalue weighted by molar-refractivity contribution is -0.118. The normalized spacial score (nSPS) is 13.8. The number of halogens is 1. The standard InChI is InChI=1S/C20H22BrNO2/c1-15-5-4-6-18(13-15)24-12-3-2-11-22-19-9-8-17(21)14-16(19)7-10-20(22)23/h4-6,8-9,13-14H,2-3,7,10-12H2,1H3. The molecule has 1 amide bonds. The molecule has 0 aromatic heterocycles. The van der Waals surface area contributed by atoms with Gasteiger partial charge in [-0.3, -0.25) is 4.79 Å². The Morgan fingerprint density at radius 2 is 2.00 bits per heavy atom. The van der Waals surface area contributed by atoms with Gasteiger partial charge >= 0.3 is 0 Å². The summed E-state index contributed by atoms with van der Waals surface area (Å²) in [6, 6.07) is 14.3. The maximum Gasteiger partial charge on any atom is 0.227 e. The highest BCUT2D eigenvalue weighted by molar-refractivity contribution is 9.10. The zero-order valence-corrected chi connectivity index (χ0v) is 15.5. The van der Waals surface area contributed by atoms with Crippen LogP contribution in [0.15, 0.2) is 46.9 Å². The molecule has 0 radical (unpaired) electrons. The molecule has 1 heterocycles. The summed E-state index contributed by atoms with van der Waals surface area (Å²) < 4.78 is 6.85. The van der Waals surface area contributed by atoms with Crippen LogP contribution in [-0.4, -0.2) is 19.1 Å². The first-order chi connectivity index (χ1) is 11.6. The summed E-state index contributed by atoms with van der Waals surface area (Å²) in [6.07, 6.45) is 3.31. The lowest BCUT2D eigenvalue weighted by atomic mass is 10.0. The molecule has 2 aromatic carbocycles. The van der Waals surface area contributed by atoms with E-state index < -0.39 is 0 Å². The lowest BCUT2D eigenvalue weighted by Gasteiger charge is -2.29. The Bertz CT molecular complexity index is 729. The molecular formula is C20H22BrNO2. The molecule has 3 nitrogen and oxygen atoms in total. The van der Waals surface area contributed by atoms with E-state index in [1.165, 1.54) is 11.1 Å². The van der Waals surface area contributed by atoms with Crippen molar-refractivity contribution in [1.82, 2.24) is 0 Å². The predicted molar refractivity (Wildman–Crippen MR) is 101 cm³/mol. The monoisotopic (exact) mass is 387 g/mol. The Hall–Kier alpha value is -1.81. The van der Waals surface area contributed by atoms with Crippen LogP contribution in [0.2, 0.25) is 0 Å². The number of anilines is 1. The van der Waals surface area contributed by atoms with Gasteiger partial charge in [-0.05, 0) is 67.6 Å². The van der Waals surface area contributed by atoms with Gasteiger partial charge in [0.1, 0.15) is 5.75 Å². The molecule has 1 aliphatic rings. The van der Waals surface area contributed by atoms with Gasteiger partial charge in [0.2, 0.25) is 5.91 Å². The zero-order chi connectivity index (χ0) is 16.9. The first-order valence-corrected chi connectivity index (χ1v) is 9.21. The van der Waals surface area contributed by atoms with Gasteiger partial charge < -0.3 is 9.64 Å². The number of nitrogens with zero attached hydrogens (tertiary/aromatic N) is 1. The van der Waals surface area contributed by atoms with Crippen molar-refractivity contribution in [1.29, 1.82) is 0 Å². The molecule has 2 aromatic rings. The Morgan fingerprint density at radius 3 is 2.83 bits per heavy atom. The number of fused-ring (bicyclic) bond motifs is 1. The molecule has 0 spiro atoms. The molecule has 0 aliphatic carbocycles. The van der Waals surface area contributed by atoms with Gasteiger partial charge in [0.15, 0.2) is 0 Å². The van der Waals surface area contributed by atoms with Gasteiger partial charge in [-0.2, -0.15) is 0 Å². The molecular weight excluding hydrogens is 366 g/mol. The second-order valence-electron chi connectivity index (χ2n) is 6.19. The number of benzene rings is 2. The minimum absolute atomic E-state index is 0.226. The van der Waals surface area contributed by atoms with Gasteiger partial charge in [0.25, 0.3) is 0 Å². The Labute approximate surface area is 151 Å². The maximum atomic E-state index is 12.2. The van der Waals surface area contributed by atoms with Crippen molar-refractivity contribution in [2.24, 2.45) is 0 Å². The van der Waals surface area contributed by atoms with Crippen molar-refractivity contribution >= 4 is 27.5 Å². The number of unbranched alkanes of at least 4 members (excludes halogenated alkanes) is 1. The summed E-state index contributed by atoms with van der Waals surface area (Å²) in [5.41, 5.74) is 3.52. The molecule has 0 bridgehead atoms. The van der Waals surface area contributed by atoms with E-state index in [2.05, 4.69) is 35.0 Å². The predicted octanol–water partition coefficient (Wildman–Crippen LogP) is 4.90. The highest BCUT2D eigenvalue weighted by Gasteiger charge is 2.23. The minimum atomic E-state index is 0.226. The average molecular weight is 388 g/mol. The van der Waals surface area contributed by atoms with Crippen molar-refractivity contribution in [3.05, 3.63) is 58.1 Å². The third-order valence-electron chi connectivity index (χ3n) is 4.28. The fraction of sp³-hybridized carbons (Fsp3) is 0.350. The minimum Gasteiger partial charge on any atom is -0.494 e. The van der Waals surface area contributed by atoms with Gasteiger partial charge in [-0.1, -0.05) is 28.1 Å². The summed E-state index contributed by atoms with van der Waals surface area (Å²) in [4.78, 5) is 14.2. The number of amides is 1. The van der Waals surface area contributed by atoms with Crippen LogP contribution in [-0.2, 0) is 11.2 Å². The molecule has 0 atom stereocenters. The SMILES string of the molecule is Cc1cccc(OCCCCN2C(=O)CCc3cc(Br)ccc32)c1. The molecule has 0 saturated heterocycles. The van der Waals surface area contributed by atoms with Crippen LogP contribution in [0, 0.1) is 6.92 Å². The Kier molecular flexibility index (Phi) is 5.56. The average Bonchev–Trinajstić information content (AvgIpc) is 2.56. The van der Waals surface area contributed by atoms with Crippen LogP contribution < -0.4 is 9.64 Å². The van der Waals surface area contributed by atoms with Crippen LogP contribution in [0.25, 0.3) is 0 Å². The number of hydrogen-bond acceptors (Lipinski definition) is 2. The van der Waals surface area contributed by atoms with Crippen molar-refractivity contribution in [3.63, 3.8) is 0 Å². The molecule has 0 saturated carbocycles. The second kappa shape index (κ2) is 7.84. The molecule has 126 valence electrons. The number of hydrogen-bond donors (Lipinski definition) is 0. The summed E-state index contributed by atoms with van der Waals surface area (Å²) in [5, 5.41) is 0. The summed E-state index contributed by atoms with van der Waals surface area (Å²) in [6.45, 7) is 3.49. The quantitative estimate of drug-likeness (QED) is 0.659. The summed E-state index contributed by atoms with van der Waals surface area (Å²) in [5.74, 6) is 1.14. The van der Waals surface area contributed by atoms with E-state index in [1.807, 2.05) is 35.2 Å². The van der Waals surface area contributed by atoms with Crippen LogP contribution in [0.4, 0.5) is 5.69 Å². The highest BCUT2D eigenvalue weighted by Crippen LogP contribution is 2.30. The van der Waals surface area contributed by atoms with Gasteiger partial charge in [-0.25, -0.2) is 0 Å². The first-order valence-electron chi connectivity index (χ1n) is 8.42. The van der Waals surface area contributed by atoms with Crippen molar-refractivity contribution in [2.45, 2.75) is 32.6 Å². The van der Waals surface area contributed by atoms with Crippen molar-refractivity contribution < 1.29 is 9.53 Å². The van der Waals surface area contributed by atoms with Gasteiger partial charge in [-0.15, -0.1) is 0 Å². The van der Waals surface area contributed by atoms with Crippen LogP contribution in [0.5, 0.6) is 5.75 Å². The largest absolute Gasteiger partial charge is 0.494 e. The zero-order valence-electron chi connectivity index (χ0n) is 13.9. The number of ether oxygens (including phenoxy) is 1. The molecule has 1 aliphatic heterocycles. The van der Waals surface area contributed by atoms with Crippen LogP contribution >= 0.6 is 15.9 Å². The number of carbonyl (C=O) groups excluding carboxylic acids is 1. The molecule has 24 heavy (non-hydrogen) atoms. The summed E-state index contributed by atoms with van der Waals surface area (Å²) >= 11 is 3.51. The maximum absolute atomic E-state index is 12.2. The molecule has 4 heteroatoms. The van der Waals surface area contributed by atoms with Crippen molar-refractivity contribution in [2.75, 3.05) is 18.1 Å². The number of carbonyl (C=O) groups is 1. The fourth-order valence-electron chi connectivity index (χ4n) is 3.04. The summed E-state index contributed by atoms with van der Waals surface area (Å²) in [7, 11) is 0. The topological polar surface area (TPSA) is 29.5 Å². The molecule has 0 unspecified atom stereocenters. The third kappa shape index (κ3) is 4.18. The first kappa shape index (κ1) is 17.0. The Balaban J connectivity index is 1.51. The molecule has 3 rings (SSSR count). The van der Waals surface area contributed by atoms with E-state index >= 15 is 0 Å². The third-order valence-corrected chi connectivity index (χ3v) is 4.77.